The molecule has 0 heterocycles. The maximum Gasteiger partial charge on any atom is 0.416 e. The van der Waals surface area contributed by atoms with Crippen LogP contribution in [0.4, 0.5) is 18.9 Å². The van der Waals surface area contributed by atoms with Crippen molar-refractivity contribution in [3.05, 3.63) is 23.8 Å². The summed E-state index contributed by atoms with van der Waals surface area (Å²) in [6, 6.07) is 2.93. The third kappa shape index (κ3) is 6.39. The van der Waals surface area contributed by atoms with Crippen molar-refractivity contribution in [2.75, 3.05) is 25.2 Å². The average molecular weight is 408 g/mol. The number of rotatable bonds is 6. The Labute approximate surface area is 156 Å². The molecule has 2 N–H and O–H groups in total. The zero-order valence-electron chi connectivity index (χ0n) is 15.1. The van der Waals surface area contributed by atoms with Crippen LogP contribution in [0.3, 0.4) is 0 Å². The summed E-state index contributed by atoms with van der Waals surface area (Å²) in [5.74, 6) is -0.393. The molecule has 0 bridgehead atoms. The first-order valence-electron chi connectivity index (χ1n) is 8.50. The van der Waals surface area contributed by atoms with E-state index in [-0.39, 0.29) is 29.2 Å². The molecule has 6 nitrogen and oxygen atoms in total. The van der Waals surface area contributed by atoms with Gasteiger partial charge in [0.15, 0.2) is 0 Å². The fraction of sp³-hybridized carbons (Fsp3) is 0.588. The minimum Gasteiger partial charge on any atom is -0.495 e. The van der Waals surface area contributed by atoms with Crippen molar-refractivity contribution >= 4 is 21.6 Å². The maximum absolute atomic E-state index is 12.9. The molecule has 0 saturated heterocycles. The molecular formula is C17H23F3N2O4S. The van der Waals surface area contributed by atoms with Crippen LogP contribution < -0.4 is 14.8 Å². The number of hydrogen-bond acceptors (Lipinski definition) is 4. The number of alkyl halides is 3. The zero-order valence-corrected chi connectivity index (χ0v) is 15.9. The van der Waals surface area contributed by atoms with Crippen LogP contribution in [0, 0.1) is 11.8 Å². The molecule has 1 saturated carbocycles. The zero-order chi connectivity index (χ0) is 20.2. The third-order valence-corrected chi connectivity index (χ3v) is 5.33. The number of halogens is 3. The third-order valence-electron chi connectivity index (χ3n) is 4.64. The van der Waals surface area contributed by atoms with Gasteiger partial charge in [0.25, 0.3) is 0 Å². The Bertz CT molecular complexity index is 773. The molecule has 0 unspecified atom stereocenters. The molecule has 1 aliphatic rings. The number of ether oxygens (including phenoxy) is 1. The van der Waals surface area contributed by atoms with Crippen LogP contribution >= 0.6 is 0 Å². The Morgan fingerprint density at radius 1 is 1.22 bits per heavy atom. The first kappa shape index (κ1) is 21.5. The quantitative estimate of drug-likeness (QED) is 0.758. The number of sulfonamides is 1. The minimum absolute atomic E-state index is 0.0156. The van der Waals surface area contributed by atoms with Gasteiger partial charge in [-0.25, -0.2) is 13.1 Å². The molecule has 10 heteroatoms. The lowest BCUT2D eigenvalue weighted by Gasteiger charge is -2.28. The number of carbonyl (C=O) groups is 1. The van der Waals surface area contributed by atoms with Gasteiger partial charge < -0.3 is 10.1 Å². The van der Waals surface area contributed by atoms with E-state index in [1.54, 1.807) is 0 Å². The lowest BCUT2D eigenvalue weighted by Crippen LogP contribution is -2.33. The molecular weight excluding hydrogens is 385 g/mol. The van der Waals surface area contributed by atoms with Crippen LogP contribution in [0.5, 0.6) is 5.75 Å². The van der Waals surface area contributed by atoms with Crippen molar-refractivity contribution in [1.29, 1.82) is 0 Å². The first-order chi connectivity index (χ1) is 12.5. The second-order valence-electron chi connectivity index (χ2n) is 6.74. The predicted molar refractivity (Wildman–Crippen MR) is 94.9 cm³/mol. The van der Waals surface area contributed by atoms with Crippen molar-refractivity contribution in [3.63, 3.8) is 0 Å². The van der Waals surface area contributed by atoms with Gasteiger partial charge in [-0.1, -0.05) is 0 Å². The summed E-state index contributed by atoms with van der Waals surface area (Å²) in [6.07, 6.45) is -1.00. The van der Waals surface area contributed by atoms with E-state index in [9.17, 15) is 26.4 Å². The van der Waals surface area contributed by atoms with E-state index in [0.29, 0.717) is 32.2 Å². The highest BCUT2D eigenvalue weighted by Crippen LogP contribution is 2.36. The molecule has 1 aromatic rings. The van der Waals surface area contributed by atoms with Gasteiger partial charge in [0.1, 0.15) is 5.75 Å². The van der Waals surface area contributed by atoms with Gasteiger partial charge in [0.05, 0.1) is 24.6 Å². The molecule has 1 fully saturated rings. The summed E-state index contributed by atoms with van der Waals surface area (Å²) in [4.78, 5) is 12.5. The van der Waals surface area contributed by atoms with Gasteiger partial charge in [-0.3, -0.25) is 4.79 Å². The number of carbonyl (C=O) groups excluding carboxylic acids is 1. The van der Waals surface area contributed by atoms with Crippen LogP contribution in [0.25, 0.3) is 0 Å². The second-order valence-corrected chi connectivity index (χ2v) is 8.57. The number of benzene rings is 1. The maximum atomic E-state index is 12.9. The average Bonchev–Trinajstić information content (AvgIpc) is 2.59. The molecule has 27 heavy (non-hydrogen) atoms. The number of nitrogens with one attached hydrogen (secondary N) is 2. The first-order valence-corrected chi connectivity index (χ1v) is 10.4. The normalized spacial score (nSPS) is 20.9. The van der Waals surface area contributed by atoms with Crippen molar-refractivity contribution < 1.29 is 31.1 Å². The molecule has 0 radical (unpaired) electrons. The summed E-state index contributed by atoms with van der Waals surface area (Å²) in [7, 11) is -1.94. The summed E-state index contributed by atoms with van der Waals surface area (Å²) < 4.78 is 68.5. The molecule has 152 valence electrons. The second kappa shape index (κ2) is 8.47. The van der Waals surface area contributed by atoms with E-state index >= 15 is 0 Å². The lowest BCUT2D eigenvalue weighted by atomic mass is 9.81. The summed E-state index contributed by atoms with van der Waals surface area (Å²) in [5, 5.41) is 2.54. The van der Waals surface area contributed by atoms with Gasteiger partial charge in [-0.2, -0.15) is 13.2 Å². The van der Waals surface area contributed by atoms with E-state index in [1.807, 2.05) is 0 Å². The van der Waals surface area contributed by atoms with Crippen LogP contribution in [0.1, 0.15) is 31.2 Å². The molecule has 1 aliphatic carbocycles. The Morgan fingerprint density at radius 2 is 1.85 bits per heavy atom. The van der Waals surface area contributed by atoms with E-state index in [0.717, 1.165) is 18.4 Å². The minimum atomic E-state index is -4.52. The van der Waals surface area contributed by atoms with Crippen molar-refractivity contribution in [2.45, 2.75) is 31.9 Å². The molecule has 0 spiro atoms. The largest absolute Gasteiger partial charge is 0.495 e. The highest BCUT2D eigenvalue weighted by atomic mass is 32.2. The topological polar surface area (TPSA) is 84.5 Å². The highest BCUT2D eigenvalue weighted by Gasteiger charge is 2.32. The number of methoxy groups -OCH3 is 1. The van der Waals surface area contributed by atoms with Gasteiger partial charge in [-0.05, 0) is 49.8 Å². The van der Waals surface area contributed by atoms with Crippen LogP contribution in [0.15, 0.2) is 18.2 Å². The Kier molecular flexibility index (Phi) is 6.74. The Morgan fingerprint density at radius 3 is 2.37 bits per heavy atom. The molecule has 2 rings (SSSR count). The van der Waals surface area contributed by atoms with Crippen LogP contribution in [-0.4, -0.2) is 34.2 Å². The number of amides is 1. The highest BCUT2D eigenvalue weighted by molar-refractivity contribution is 7.88. The van der Waals surface area contributed by atoms with Gasteiger partial charge in [-0.15, -0.1) is 0 Å². The lowest BCUT2D eigenvalue weighted by molar-refractivity contribution is -0.137. The standard InChI is InChI=1S/C17H23F3N2O4S/c1-26-15-8-7-13(17(18,19)20)9-14(15)22-16(23)12-5-3-11(4-6-12)10-21-27(2,24)25/h7-9,11-12,21H,3-6,10H2,1-2H3,(H,22,23). The molecule has 0 aromatic heterocycles. The smallest absolute Gasteiger partial charge is 0.416 e. The number of hydrogen-bond donors (Lipinski definition) is 2. The van der Waals surface area contributed by atoms with Crippen molar-refractivity contribution in [3.8, 4) is 5.75 Å². The van der Waals surface area contributed by atoms with Gasteiger partial charge >= 0.3 is 6.18 Å². The number of anilines is 1. The van der Waals surface area contributed by atoms with Crippen LogP contribution in [0.2, 0.25) is 0 Å². The summed E-state index contributed by atoms with van der Waals surface area (Å²) >= 11 is 0. The van der Waals surface area contributed by atoms with E-state index in [1.165, 1.54) is 13.2 Å². The van der Waals surface area contributed by atoms with Gasteiger partial charge in [0, 0.05) is 12.5 Å². The predicted octanol–water partition coefficient (Wildman–Crippen LogP) is 3.01. The monoisotopic (exact) mass is 408 g/mol. The molecule has 1 amide bonds. The van der Waals surface area contributed by atoms with Crippen molar-refractivity contribution in [2.24, 2.45) is 11.8 Å². The summed E-state index contributed by atoms with van der Waals surface area (Å²) in [6.45, 7) is 0.328. The molecule has 0 atom stereocenters. The fourth-order valence-electron chi connectivity index (χ4n) is 3.11. The van der Waals surface area contributed by atoms with Crippen molar-refractivity contribution in [1.82, 2.24) is 4.72 Å². The molecule has 0 aliphatic heterocycles. The SMILES string of the molecule is COc1ccc(C(F)(F)F)cc1NC(=O)C1CCC(CNS(C)(=O)=O)CC1. The summed E-state index contributed by atoms with van der Waals surface area (Å²) in [5.41, 5.74) is -0.882. The van der Waals surface area contributed by atoms with E-state index in [4.69, 9.17) is 4.74 Å². The van der Waals surface area contributed by atoms with Gasteiger partial charge in [0.2, 0.25) is 15.9 Å². The van der Waals surface area contributed by atoms with E-state index < -0.39 is 21.8 Å². The Balaban J connectivity index is 1.98. The molecule has 1 aromatic carbocycles. The van der Waals surface area contributed by atoms with Crippen LogP contribution in [-0.2, 0) is 21.0 Å². The Hall–Kier alpha value is -1.81. The van der Waals surface area contributed by atoms with E-state index in [2.05, 4.69) is 10.0 Å². The fourth-order valence-corrected chi connectivity index (χ4v) is 3.65.